The van der Waals surface area contributed by atoms with E-state index in [2.05, 4.69) is 17.0 Å². The van der Waals surface area contributed by atoms with Crippen molar-refractivity contribution in [3.63, 3.8) is 0 Å². The van der Waals surface area contributed by atoms with E-state index in [1.165, 1.54) is 12.1 Å². The van der Waals surface area contributed by atoms with Crippen LogP contribution in [0.15, 0.2) is 18.2 Å². The van der Waals surface area contributed by atoms with E-state index in [9.17, 15) is 27.1 Å². The molecule has 1 aromatic rings. The molecule has 7 atom stereocenters. The number of carbonyl (C=O) groups is 1. The van der Waals surface area contributed by atoms with Gasteiger partial charge in [0.1, 0.15) is 11.6 Å². The van der Waals surface area contributed by atoms with Crippen LogP contribution in [0.25, 0.3) is 0 Å². The van der Waals surface area contributed by atoms with Gasteiger partial charge in [0.25, 0.3) is 0 Å². The highest BCUT2D eigenvalue weighted by Gasteiger charge is 2.53. The van der Waals surface area contributed by atoms with Gasteiger partial charge in [0.05, 0.1) is 12.4 Å². The number of hydrogen-bond donors (Lipinski definition) is 3. The fourth-order valence-electron chi connectivity index (χ4n) is 5.99. The summed E-state index contributed by atoms with van der Waals surface area (Å²) >= 11 is 0. The summed E-state index contributed by atoms with van der Waals surface area (Å²) in [5, 5.41) is 14.1. The van der Waals surface area contributed by atoms with Crippen LogP contribution >= 0.6 is 0 Å². The highest BCUT2D eigenvalue weighted by atomic mass is 32.2. The van der Waals surface area contributed by atoms with Gasteiger partial charge in [-0.15, -0.1) is 0 Å². The van der Waals surface area contributed by atoms with E-state index in [1.54, 1.807) is 6.92 Å². The van der Waals surface area contributed by atoms with Gasteiger partial charge in [0, 0.05) is 24.6 Å². The molecule has 2 fully saturated rings. The molecule has 2 saturated carbocycles. The van der Waals surface area contributed by atoms with Crippen molar-refractivity contribution in [3.05, 3.63) is 35.4 Å². The molecule has 6 nitrogen and oxygen atoms in total. The molecule has 2 aliphatic rings. The Kier molecular flexibility index (Phi) is 7.32. The van der Waals surface area contributed by atoms with Crippen molar-refractivity contribution in [2.45, 2.75) is 65.1 Å². The third-order valence-electron chi connectivity index (χ3n) is 7.70. The van der Waals surface area contributed by atoms with Gasteiger partial charge in [-0.3, -0.25) is 4.79 Å². The summed E-state index contributed by atoms with van der Waals surface area (Å²) in [4.78, 5) is 12.8. The van der Waals surface area contributed by atoms with Crippen LogP contribution in [0.5, 0.6) is 0 Å². The number of benzene rings is 1. The number of rotatable bonds is 6. The summed E-state index contributed by atoms with van der Waals surface area (Å²) < 4.78 is 53.1. The van der Waals surface area contributed by atoms with Gasteiger partial charge in [-0.05, 0) is 66.5 Å². The van der Waals surface area contributed by atoms with Crippen molar-refractivity contribution in [3.8, 4) is 0 Å². The van der Waals surface area contributed by atoms with Crippen molar-refractivity contribution in [2.75, 3.05) is 6.26 Å². The van der Waals surface area contributed by atoms with Crippen LogP contribution in [-0.4, -0.2) is 37.8 Å². The summed E-state index contributed by atoms with van der Waals surface area (Å²) in [5.74, 6) is -2.67. The van der Waals surface area contributed by atoms with E-state index in [-0.39, 0.29) is 41.7 Å². The van der Waals surface area contributed by atoms with E-state index in [1.807, 2.05) is 6.92 Å². The Morgan fingerprint density at radius 1 is 1.22 bits per heavy atom. The van der Waals surface area contributed by atoms with Gasteiger partial charge < -0.3 is 10.4 Å². The number of nitrogens with one attached hydrogen (secondary N) is 2. The van der Waals surface area contributed by atoms with Gasteiger partial charge >= 0.3 is 0 Å². The third-order valence-corrected chi connectivity index (χ3v) is 8.43. The van der Waals surface area contributed by atoms with Crippen molar-refractivity contribution in [1.29, 1.82) is 0 Å². The second kappa shape index (κ2) is 9.35. The number of carbonyl (C=O) groups excluding carboxylic acids is 1. The standard InChI is InChI=1S/C23H34F2N2O4S/c1-13(22(29)26-12-15-9-16(24)11-17(25)10-15)18-5-7-23(3)8-6-19(27-32(4,30)31)14(2)20(23)21(18)28/h9-11,13-14,18-21,27-28H,5-8,12H2,1-4H3,(H,26,29)/t13-,14+,18-,19-,20+,21-,23-/m0/s1. The van der Waals surface area contributed by atoms with Crippen molar-refractivity contribution >= 4 is 15.9 Å². The highest BCUT2D eigenvalue weighted by molar-refractivity contribution is 7.88. The average molecular weight is 473 g/mol. The van der Waals surface area contributed by atoms with E-state index >= 15 is 0 Å². The van der Waals surface area contributed by atoms with Crippen molar-refractivity contribution < 1.29 is 27.1 Å². The molecule has 9 heteroatoms. The largest absolute Gasteiger partial charge is 0.392 e. The van der Waals surface area contributed by atoms with E-state index in [0.29, 0.717) is 12.0 Å². The lowest BCUT2D eigenvalue weighted by molar-refractivity contribution is -0.141. The summed E-state index contributed by atoms with van der Waals surface area (Å²) in [6, 6.07) is 2.88. The minimum atomic E-state index is -3.36. The maximum atomic E-state index is 13.4. The van der Waals surface area contributed by atoms with Crippen LogP contribution < -0.4 is 10.0 Å². The Morgan fingerprint density at radius 3 is 2.41 bits per heavy atom. The summed E-state index contributed by atoms with van der Waals surface area (Å²) in [7, 11) is -3.36. The first-order valence-electron chi connectivity index (χ1n) is 11.2. The SMILES string of the molecule is C[C@H]1[C@@H]2[C@@H](O)[C@H]([C@H](C)C(=O)NCc3cc(F)cc(F)c3)CC[C@@]2(C)CC[C@@H]1NS(C)(=O)=O. The zero-order valence-corrected chi connectivity index (χ0v) is 19.9. The molecule has 0 bridgehead atoms. The second-order valence-corrected chi connectivity index (χ2v) is 11.8. The van der Waals surface area contributed by atoms with Crippen molar-refractivity contribution in [1.82, 2.24) is 10.0 Å². The number of amides is 1. The number of aliphatic hydroxyl groups is 1. The number of hydrogen-bond acceptors (Lipinski definition) is 4. The Morgan fingerprint density at radius 2 is 1.81 bits per heavy atom. The fraction of sp³-hybridized carbons (Fsp3) is 0.696. The molecule has 0 spiro atoms. The maximum absolute atomic E-state index is 13.4. The average Bonchev–Trinajstić information content (AvgIpc) is 2.66. The predicted octanol–water partition coefficient (Wildman–Crippen LogP) is 2.96. The summed E-state index contributed by atoms with van der Waals surface area (Å²) in [6.07, 6.45) is 3.46. The maximum Gasteiger partial charge on any atom is 0.223 e. The summed E-state index contributed by atoms with van der Waals surface area (Å²) in [5.41, 5.74) is 0.218. The first-order chi connectivity index (χ1) is 14.8. The third kappa shape index (κ3) is 5.48. The molecular formula is C23H34F2N2O4S. The highest BCUT2D eigenvalue weighted by Crippen LogP contribution is 2.55. The fourth-order valence-corrected chi connectivity index (χ4v) is 6.88. The van der Waals surface area contributed by atoms with Gasteiger partial charge in [0.2, 0.25) is 15.9 Å². The van der Waals surface area contributed by atoms with Gasteiger partial charge in [-0.1, -0.05) is 20.8 Å². The quantitative estimate of drug-likeness (QED) is 0.593. The van der Waals surface area contributed by atoms with Crippen LogP contribution in [0, 0.1) is 40.7 Å². The lowest BCUT2D eigenvalue weighted by Crippen LogP contribution is -2.58. The normalized spacial score (nSPS) is 33.9. The molecule has 0 heterocycles. The first-order valence-corrected chi connectivity index (χ1v) is 13.1. The second-order valence-electron chi connectivity index (χ2n) is 10.1. The molecule has 1 aromatic carbocycles. The zero-order chi connectivity index (χ0) is 23.8. The van der Waals surface area contributed by atoms with Crippen LogP contribution in [0.4, 0.5) is 8.78 Å². The smallest absolute Gasteiger partial charge is 0.223 e. The van der Waals surface area contributed by atoms with E-state index < -0.39 is 33.7 Å². The Bertz CT molecular complexity index is 937. The first kappa shape index (κ1) is 25.1. The molecule has 2 aliphatic carbocycles. The molecule has 3 rings (SSSR count). The van der Waals surface area contributed by atoms with Crippen molar-refractivity contribution in [2.24, 2.45) is 29.1 Å². The van der Waals surface area contributed by atoms with E-state index in [0.717, 1.165) is 31.6 Å². The molecule has 0 radical (unpaired) electrons. The molecule has 32 heavy (non-hydrogen) atoms. The minimum Gasteiger partial charge on any atom is -0.392 e. The number of fused-ring (bicyclic) bond motifs is 1. The zero-order valence-electron chi connectivity index (χ0n) is 19.1. The van der Waals surface area contributed by atoms with Crippen LogP contribution in [-0.2, 0) is 21.4 Å². The molecule has 3 N–H and O–H groups in total. The molecule has 1 amide bonds. The molecule has 0 saturated heterocycles. The molecular weight excluding hydrogens is 438 g/mol. The van der Waals surface area contributed by atoms with Gasteiger partial charge in [-0.2, -0.15) is 0 Å². The van der Waals surface area contributed by atoms with Crippen LogP contribution in [0.3, 0.4) is 0 Å². The predicted molar refractivity (Wildman–Crippen MR) is 118 cm³/mol. The number of sulfonamides is 1. The van der Waals surface area contributed by atoms with E-state index in [4.69, 9.17) is 0 Å². The Labute approximate surface area is 189 Å². The molecule has 0 aliphatic heterocycles. The number of aliphatic hydroxyl groups excluding tert-OH is 1. The van der Waals surface area contributed by atoms with Crippen LogP contribution in [0.1, 0.15) is 52.0 Å². The Balaban J connectivity index is 1.69. The summed E-state index contributed by atoms with van der Waals surface area (Å²) in [6.45, 7) is 5.88. The molecule has 180 valence electrons. The Hall–Kier alpha value is -1.58. The van der Waals surface area contributed by atoms with Gasteiger partial charge in [0.15, 0.2) is 0 Å². The molecule has 0 unspecified atom stereocenters. The van der Waals surface area contributed by atoms with Gasteiger partial charge in [-0.25, -0.2) is 21.9 Å². The topological polar surface area (TPSA) is 95.5 Å². The lowest BCUT2D eigenvalue weighted by atomic mass is 9.52. The van der Waals surface area contributed by atoms with Crippen LogP contribution in [0.2, 0.25) is 0 Å². The number of halogens is 2. The lowest BCUT2D eigenvalue weighted by Gasteiger charge is -2.56. The monoisotopic (exact) mass is 472 g/mol. The minimum absolute atomic E-state index is 0.00142. The molecule has 0 aromatic heterocycles.